The van der Waals surface area contributed by atoms with Crippen molar-refractivity contribution in [2.45, 2.75) is 0 Å². The molecule has 0 atom stereocenters. The molecular formula is C17H10ClN3O6. The van der Waals surface area contributed by atoms with Gasteiger partial charge < -0.3 is 9.73 Å². The van der Waals surface area contributed by atoms with Gasteiger partial charge in [-0.2, -0.15) is 0 Å². The number of nitrogens with zero attached hydrogens (tertiary/aromatic N) is 2. The molecule has 0 unspecified atom stereocenters. The number of hydrogen-bond acceptors (Lipinski definition) is 6. The second kappa shape index (κ2) is 7.26. The zero-order valence-electron chi connectivity index (χ0n) is 13.4. The van der Waals surface area contributed by atoms with Crippen LogP contribution in [0.4, 0.5) is 17.1 Å². The summed E-state index contributed by atoms with van der Waals surface area (Å²) in [4.78, 5) is 32.9. The first-order valence-electron chi connectivity index (χ1n) is 7.45. The van der Waals surface area contributed by atoms with E-state index in [9.17, 15) is 25.0 Å². The summed E-state index contributed by atoms with van der Waals surface area (Å²) in [5.74, 6) is -0.561. The van der Waals surface area contributed by atoms with E-state index >= 15 is 0 Å². The van der Waals surface area contributed by atoms with Gasteiger partial charge in [-0.15, -0.1) is 0 Å². The van der Waals surface area contributed by atoms with Crippen molar-refractivity contribution in [3.63, 3.8) is 0 Å². The maximum Gasteiger partial charge on any atom is 0.292 e. The molecule has 0 fully saturated rings. The van der Waals surface area contributed by atoms with Gasteiger partial charge in [-0.05, 0) is 24.3 Å². The molecule has 10 heteroatoms. The minimum Gasteiger partial charge on any atom is -0.451 e. The Bertz CT molecular complexity index is 1060. The minimum atomic E-state index is -0.686. The number of hydrogen-bond donors (Lipinski definition) is 1. The van der Waals surface area contributed by atoms with Crippen molar-refractivity contribution in [3.8, 4) is 11.3 Å². The molecule has 1 aromatic heterocycles. The molecule has 3 rings (SSSR count). The maximum atomic E-state index is 12.3. The van der Waals surface area contributed by atoms with Crippen LogP contribution in [0.15, 0.2) is 59.0 Å². The number of non-ortho nitro benzene ring substituents is 1. The summed E-state index contributed by atoms with van der Waals surface area (Å²) in [6.45, 7) is 0. The normalized spacial score (nSPS) is 10.4. The van der Waals surface area contributed by atoms with E-state index in [1.165, 1.54) is 48.5 Å². The Hall–Kier alpha value is -3.72. The molecule has 0 aliphatic carbocycles. The van der Waals surface area contributed by atoms with Crippen molar-refractivity contribution in [2.75, 3.05) is 5.32 Å². The van der Waals surface area contributed by atoms with Gasteiger partial charge in [0.1, 0.15) is 11.4 Å². The van der Waals surface area contributed by atoms with Gasteiger partial charge in [-0.3, -0.25) is 25.0 Å². The fourth-order valence-corrected chi connectivity index (χ4v) is 2.61. The van der Waals surface area contributed by atoms with Crippen LogP contribution in [0.1, 0.15) is 10.6 Å². The van der Waals surface area contributed by atoms with Gasteiger partial charge in [-0.1, -0.05) is 23.7 Å². The number of carbonyl (C=O) groups excluding carboxylic acids is 1. The number of halogens is 1. The van der Waals surface area contributed by atoms with Crippen molar-refractivity contribution >= 4 is 34.6 Å². The summed E-state index contributed by atoms with van der Waals surface area (Å²) in [5, 5.41) is 24.3. The Morgan fingerprint density at radius 2 is 1.74 bits per heavy atom. The molecule has 1 N–H and O–H groups in total. The zero-order chi connectivity index (χ0) is 19.6. The lowest BCUT2D eigenvalue weighted by molar-refractivity contribution is -0.384. The van der Waals surface area contributed by atoms with Gasteiger partial charge in [-0.25, -0.2) is 0 Å². The monoisotopic (exact) mass is 387 g/mol. The Morgan fingerprint density at radius 1 is 1.00 bits per heavy atom. The lowest BCUT2D eigenvalue weighted by atomic mass is 10.1. The van der Waals surface area contributed by atoms with E-state index in [1.807, 2.05) is 0 Å². The molecule has 136 valence electrons. The van der Waals surface area contributed by atoms with Gasteiger partial charge in [0.2, 0.25) is 0 Å². The Labute approximate surface area is 156 Å². The van der Waals surface area contributed by atoms with Crippen LogP contribution in [0.25, 0.3) is 11.3 Å². The topological polar surface area (TPSA) is 129 Å². The number of anilines is 1. The Kier molecular flexibility index (Phi) is 4.86. The molecule has 0 saturated heterocycles. The van der Waals surface area contributed by atoms with Gasteiger partial charge in [0, 0.05) is 23.8 Å². The quantitative estimate of drug-likeness (QED) is 0.500. The van der Waals surface area contributed by atoms with E-state index in [0.717, 1.165) is 0 Å². The SMILES string of the molecule is O=C(Nc1ccccc1[N+](=O)[O-])c1ccc(-c2ccc([N+](=O)[O-])cc2Cl)o1. The van der Waals surface area contributed by atoms with Crippen LogP contribution < -0.4 is 5.32 Å². The number of nitro groups is 2. The van der Waals surface area contributed by atoms with Crippen LogP contribution in [0.5, 0.6) is 0 Å². The summed E-state index contributed by atoms with van der Waals surface area (Å²) in [6.07, 6.45) is 0. The Morgan fingerprint density at radius 3 is 2.41 bits per heavy atom. The van der Waals surface area contributed by atoms with E-state index < -0.39 is 15.8 Å². The first kappa shape index (κ1) is 18.1. The van der Waals surface area contributed by atoms with E-state index in [1.54, 1.807) is 6.07 Å². The standard InChI is InChI=1S/C17H10ClN3O6/c18-12-9-10(20(23)24)5-6-11(12)15-7-8-16(27-15)17(22)19-13-3-1-2-4-14(13)21(25)26/h1-9H,(H,19,22). The largest absolute Gasteiger partial charge is 0.451 e. The molecular weight excluding hydrogens is 378 g/mol. The first-order valence-corrected chi connectivity index (χ1v) is 7.83. The van der Waals surface area contributed by atoms with Crippen LogP contribution in [0.3, 0.4) is 0 Å². The number of nitro benzene ring substituents is 2. The van der Waals surface area contributed by atoms with E-state index in [2.05, 4.69) is 5.32 Å². The molecule has 2 aromatic carbocycles. The first-order chi connectivity index (χ1) is 12.9. The van der Waals surface area contributed by atoms with E-state index in [-0.39, 0.29) is 33.6 Å². The predicted octanol–water partition coefficient (Wildman–Crippen LogP) is 4.67. The van der Waals surface area contributed by atoms with E-state index in [0.29, 0.717) is 5.56 Å². The smallest absolute Gasteiger partial charge is 0.292 e. The number of nitrogens with one attached hydrogen (secondary N) is 1. The van der Waals surface area contributed by atoms with Crippen LogP contribution in [0.2, 0.25) is 5.02 Å². The predicted molar refractivity (Wildman–Crippen MR) is 96.9 cm³/mol. The third-order valence-electron chi connectivity index (χ3n) is 3.61. The lowest BCUT2D eigenvalue weighted by Crippen LogP contribution is -2.12. The molecule has 0 radical (unpaired) electrons. The number of amides is 1. The van der Waals surface area contributed by atoms with Crippen LogP contribution in [-0.2, 0) is 0 Å². The lowest BCUT2D eigenvalue weighted by Gasteiger charge is -2.04. The van der Waals surface area contributed by atoms with Crippen molar-refractivity contribution in [3.05, 3.63) is 85.6 Å². The Balaban J connectivity index is 1.85. The molecule has 0 aliphatic heterocycles. The molecule has 1 heterocycles. The highest BCUT2D eigenvalue weighted by molar-refractivity contribution is 6.33. The molecule has 0 bridgehead atoms. The fraction of sp³-hybridized carbons (Fsp3) is 0. The highest BCUT2D eigenvalue weighted by Gasteiger charge is 2.19. The van der Waals surface area contributed by atoms with Crippen molar-refractivity contribution in [1.82, 2.24) is 0 Å². The third-order valence-corrected chi connectivity index (χ3v) is 3.92. The van der Waals surface area contributed by atoms with Crippen molar-refractivity contribution in [2.24, 2.45) is 0 Å². The van der Waals surface area contributed by atoms with E-state index in [4.69, 9.17) is 16.0 Å². The molecule has 1 amide bonds. The second-order valence-corrected chi connectivity index (χ2v) is 5.72. The highest BCUT2D eigenvalue weighted by atomic mass is 35.5. The third kappa shape index (κ3) is 3.77. The van der Waals surface area contributed by atoms with Crippen LogP contribution in [-0.4, -0.2) is 15.8 Å². The van der Waals surface area contributed by atoms with Gasteiger partial charge in [0.05, 0.1) is 14.9 Å². The molecule has 0 spiro atoms. The number of rotatable bonds is 5. The molecule has 9 nitrogen and oxygen atoms in total. The minimum absolute atomic E-state index is 0.0267. The molecule has 0 saturated carbocycles. The van der Waals surface area contributed by atoms with Gasteiger partial charge in [0.25, 0.3) is 17.3 Å². The number of furan rings is 1. The number of para-hydroxylation sites is 2. The second-order valence-electron chi connectivity index (χ2n) is 5.31. The summed E-state index contributed by atoms with van der Waals surface area (Å²) in [5.41, 5.74) is -0.0356. The average molecular weight is 388 g/mol. The molecule has 0 aliphatic rings. The zero-order valence-corrected chi connectivity index (χ0v) is 14.2. The van der Waals surface area contributed by atoms with Crippen molar-refractivity contribution in [1.29, 1.82) is 0 Å². The van der Waals surface area contributed by atoms with Gasteiger partial charge in [0.15, 0.2) is 5.76 Å². The molecule has 27 heavy (non-hydrogen) atoms. The number of carbonyl (C=O) groups is 1. The fourth-order valence-electron chi connectivity index (χ4n) is 2.34. The molecule has 3 aromatic rings. The maximum absolute atomic E-state index is 12.3. The summed E-state index contributed by atoms with van der Waals surface area (Å²) in [7, 11) is 0. The number of benzene rings is 2. The van der Waals surface area contributed by atoms with Crippen LogP contribution >= 0.6 is 11.6 Å². The summed E-state index contributed by atoms with van der Waals surface area (Å²) >= 11 is 6.04. The summed E-state index contributed by atoms with van der Waals surface area (Å²) < 4.78 is 5.45. The van der Waals surface area contributed by atoms with Crippen LogP contribution in [0, 0.1) is 20.2 Å². The van der Waals surface area contributed by atoms with Crippen molar-refractivity contribution < 1.29 is 19.1 Å². The van der Waals surface area contributed by atoms with Gasteiger partial charge >= 0.3 is 0 Å². The summed E-state index contributed by atoms with van der Waals surface area (Å²) in [6, 6.07) is 12.4. The highest BCUT2D eigenvalue weighted by Crippen LogP contribution is 2.32. The average Bonchev–Trinajstić information content (AvgIpc) is 3.11.